The Morgan fingerprint density at radius 3 is 2.23 bits per heavy atom. The minimum absolute atomic E-state index is 0.0887. The third-order valence-electron chi connectivity index (χ3n) is 6.74. The molecule has 0 aliphatic rings. The Balaban J connectivity index is 2.14. The van der Waals surface area contributed by atoms with E-state index in [1.807, 2.05) is 37.3 Å². The highest BCUT2D eigenvalue weighted by Gasteiger charge is 2.40. The maximum Gasteiger partial charge on any atom is 0.193 e. The molecule has 1 aromatic heterocycles. The van der Waals surface area contributed by atoms with E-state index < -0.39 is 8.32 Å². The molecule has 190 valence electrons. The summed E-state index contributed by atoms with van der Waals surface area (Å²) in [5, 5.41) is 1.18. The lowest BCUT2D eigenvalue weighted by atomic mass is 10.2. The lowest BCUT2D eigenvalue weighted by Crippen LogP contribution is -2.42. The Labute approximate surface area is 224 Å². The summed E-state index contributed by atoms with van der Waals surface area (Å²) in [6, 6.07) is 14.3. The van der Waals surface area contributed by atoms with Crippen molar-refractivity contribution in [1.82, 2.24) is 4.57 Å². The molecule has 3 rings (SSSR count). The lowest BCUT2D eigenvalue weighted by Gasteiger charge is -2.39. The number of benzene rings is 2. The molecule has 0 spiro atoms. The first-order valence-corrected chi connectivity index (χ1v) is 15.9. The molecule has 1 heterocycles. The third-order valence-corrected chi connectivity index (χ3v) is 12.3. The van der Waals surface area contributed by atoms with Crippen molar-refractivity contribution >= 4 is 41.8 Å². The van der Waals surface area contributed by atoms with E-state index in [4.69, 9.17) is 18.6 Å². The molecule has 0 radical (unpaired) electrons. The second kappa shape index (κ2) is 11.5. The van der Waals surface area contributed by atoms with E-state index in [0.29, 0.717) is 24.8 Å². The fourth-order valence-corrected chi connectivity index (χ4v) is 5.96. The van der Waals surface area contributed by atoms with Gasteiger partial charge in [0.05, 0.1) is 32.0 Å². The molecule has 0 N–H and O–H groups in total. The van der Waals surface area contributed by atoms with Gasteiger partial charge >= 0.3 is 0 Å². The second-order valence-corrected chi connectivity index (χ2v) is 16.0. The summed E-state index contributed by atoms with van der Waals surface area (Å²) < 4.78 is 27.8. The van der Waals surface area contributed by atoms with Gasteiger partial charge in [-0.15, -0.1) is 0 Å². The van der Waals surface area contributed by atoms with Gasteiger partial charge in [-0.1, -0.05) is 63.3 Å². The number of hydrogen-bond acceptors (Lipinski definition) is 4. The van der Waals surface area contributed by atoms with Crippen molar-refractivity contribution in [3.05, 3.63) is 69.4 Å². The van der Waals surface area contributed by atoms with Crippen molar-refractivity contribution in [1.29, 1.82) is 0 Å². The van der Waals surface area contributed by atoms with Crippen LogP contribution in [0.15, 0.2) is 54.6 Å². The highest BCUT2D eigenvalue weighted by Crippen LogP contribution is 2.44. The smallest absolute Gasteiger partial charge is 0.193 e. The normalized spacial score (nSPS) is 13.5. The Morgan fingerprint density at radius 1 is 1.03 bits per heavy atom. The summed E-state index contributed by atoms with van der Waals surface area (Å²) in [5.74, 6) is 1.40. The van der Waals surface area contributed by atoms with Gasteiger partial charge in [0.25, 0.3) is 0 Å². The van der Waals surface area contributed by atoms with Crippen LogP contribution >= 0.6 is 22.6 Å². The third kappa shape index (κ3) is 6.13. The summed E-state index contributed by atoms with van der Waals surface area (Å²) in [4.78, 5) is 0. The molecule has 1 unspecified atom stereocenters. The maximum atomic E-state index is 6.97. The number of methoxy groups -OCH3 is 2. The van der Waals surface area contributed by atoms with Gasteiger partial charge in [0.15, 0.2) is 19.8 Å². The highest BCUT2D eigenvalue weighted by molar-refractivity contribution is 14.1. The Hall–Kier alpha value is -1.81. The number of ether oxygens (including phenoxy) is 3. The molecule has 0 bridgehead atoms. The molecule has 0 saturated carbocycles. The predicted octanol–water partition coefficient (Wildman–Crippen LogP) is 8.08. The molecule has 0 amide bonds. The average Bonchev–Trinajstić information content (AvgIpc) is 3.08. The Morgan fingerprint density at radius 2 is 1.66 bits per heavy atom. The van der Waals surface area contributed by atoms with E-state index in [1.54, 1.807) is 14.2 Å². The molecule has 5 nitrogen and oxygen atoms in total. The molecule has 0 fully saturated rings. The first kappa shape index (κ1) is 27.8. The number of rotatable bonds is 10. The van der Waals surface area contributed by atoms with Crippen LogP contribution in [0.4, 0.5) is 0 Å². The number of halogens is 1. The quantitative estimate of drug-likeness (QED) is 0.133. The second-order valence-electron chi connectivity index (χ2n) is 10.1. The molecule has 0 aliphatic carbocycles. The van der Waals surface area contributed by atoms with Crippen LogP contribution in [0.1, 0.15) is 45.1 Å². The van der Waals surface area contributed by atoms with Crippen molar-refractivity contribution in [2.24, 2.45) is 0 Å². The van der Waals surface area contributed by atoms with E-state index in [0.717, 1.165) is 25.7 Å². The topological polar surface area (TPSA) is 41.9 Å². The van der Waals surface area contributed by atoms with Gasteiger partial charge in [0.2, 0.25) is 0 Å². The number of fused-ring (bicyclic) bond motifs is 1. The summed E-state index contributed by atoms with van der Waals surface area (Å²) in [7, 11) is 1.27. The van der Waals surface area contributed by atoms with Crippen molar-refractivity contribution in [2.75, 3.05) is 14.2 Å². The first-order valence-electron chi connectivity index (χ1n) is 11.9. The minimum atomic E-state index is -2.06. The molecular formula is C28H38INO4Si. The molecular weight excluding hydrogens is 569 g/mol. The monoisotopic (exact) mass is 607 g/mol. The number of allylic oxidation sites excluding steroid dienone is 1. The Kier molecular flexibility index (Phi) is 9.12. The van der Waals surface area contributed by atoms with Crippen LogP contribution < -0.4 is 9.47 Å². The summed E-state index contributed by atoms with van der Waals surface area (Å²) >= 11 is 2.44. The van der Waals surface area contributed by atoms with Gasteiger partial charge in [-0.05, 0) is 59.3 Å². The minimum Gasteiger partial charge on any atom is -0.493 e. The van der Waals surface area contributed by atoms with Gasteiger partial charge in [-0.3, -0.25) is 0 Å². The van der Waals surface area contributed by atoms with E-state index in [9.17, 15) is 0 Å². The largest absolute Gasteiger partial charge is 0.493 e. The van der Waals surface area contributed by atoms with E-state index >= 15 is 0 Å². The van der Waals surface area contributed by atoms with Crippen molar-refractivity contribution < 1.29 is 18.6 Å². The maximum absolute atomic E-state index is 6.97. The molecule has 2 aromatic carbocycles. The van der Waals surface area contributed by atoms with Crippen molar-refractivity contribution in [3.63, 3.8) is 0 Å². The SMILES string of the molecule is C/C=C/C(O[Si](C)(C)C(C)(C)C)c1c(I)c2cc(OC)c(OC)cc2n1COCc1ccccc1. The fraction of sp³-hybridized carbons (Fsp3) is 0.429. The van der Waals surface area contributed by atoms with Gasteiger partial charge in [0, 0.05) is 15.0 Å². The van der Waals surface area contributed by atoms with Crippen LogP contribution in [0.25, 0.3) is 10.9 Å². The molecule has 35 heavy (non-hydrogen) atoms. The van der Waals surface area contributed by atoms with Crippen LogP contribution in [0.2, 0.25) is 18.1 Å². The van der Waals surface area contributed by atoms with Gasteiger partial charge < -0.3 is 23.2 Å². The first-order chi connectivity index (χ1) is 16.5. The zero-order valence-corrected chi connectivity index (χ0v) is 25.3. The van der Waals surface area contributed by atoms with Gasteiger partial charge in [-0.25, -0.2) is 0 Å². The van der Waals surface area contributed by atoms with E-state index in [2.05, 4.69) is 85.3 Å². The molecule has 0 saturated heterocycles. The number of nitrogens with zero attached hydrogens (tertiary/aromatic N) is 1. The molecule has 7 heteroatoms. The van der Waals surface area contributed by atoms with Crippen LogP contribution in [0.3, 0.4) is 0 Å². The van der Waals surface area contributed by atoms with Gasteiger partial charge in [-0.2, -0.15) is 0 Å². The fourth-order valence-electron chi connectivity index (χ4n) is 3.76. The average molecular weight is 608 g/mol. The van der Waals surface area contributed by atoms with Crippen LogP contribution in [-0.2, 0) is 22.5 Å². The van der Waals surface area contributed by atoms with Crippen LogP contribution in [-0.4, -0.2) is 27.1 Å². The standard InChI is InChI=1S/C28H38INO4Si/c1-9-13-23(34-35(7,8)28(2,3)4)27-26(29)21-16-24(31-5)25(32-6)17-22(21)30(27)19-33-18-20-14-11-10-12-15-20/h9-17,23H,18-19H2,1-8H3/b13-9+. The summed E-state index contributed by atoms with van der Waals surface area (Å²) in [6.07, 6.45) is 4.03. The van der Waals surface area contributed by atoms with Crippen LogP contribution in [0, 0.1) is 3.57 Å². The zero-order valence-electron chi connectivity index (χ0n) is 22.1. The predicted molar refractivity (Wildman–Crippen MR) is 155 cm³/mol. The summed E-state index contributed by atoms with van der Waals surface area (Å²) in [5.41, 5.74) is 3.26. The number of hydrogen-bond donors (Lipinski definition) is 0. The van der Waals surface area contributed by atoms with Crippen molar-refractivity contribution in [2.45, 2.75) is 65.3 Å². The van der Waals surface area contributed by atoms with E-state index in [1.165, 1.54) is 0 Å². The van der Waals surface area contributed by atoms with E-state index in [-0.39, 0.29) is 11.1 Å². The highest BCUT2D eigenvalue weighted by atomic mass is 127. The lowest BCUT2D eigenvalue weighted by molar-refractivity contribution is 0.0613. The zero-order chi connectivity index (χ0) is 25.8. The Bertz CT molecular complexity index is 1170. The number of aromatic nitrogens is 1. The molecule has 1 atom stereocenters. The summed E-state index contributed by atoms with van der Waals surface area (Å²) in [6.45, 7) is 14.4. The van der Waals surface area contributed by atoms with Crippen LogP contribution in [0.5, 0.6) is 11.5 Å². The molecule has 3 aromatic rings. The van der Waals surface area contributed by atoms with Crippen molar-refractivity contribution in [3.8, 4) is 11.5 Å². The molecule has 0 aliphatic heterocycles. The van der Waals surface area contributed by atoms with Gasteiger partial charge in [0.1, 0.15) is 12.8 Å².